The maximum Gasteiger partial charge on any atom is 0.316 e. The second-order valence-corrected chi connectivity index (χ2v) is 2.64. The third-order valence-corrected chi connectivity index (χ3v) is 1.48. The highest BCUT2D eigenvalue weighted by Crippen LogP contribution is 1.95. The zero-order valence-corrected chi connectivity index (χ0v) is 7.55. The first kappa shape index (κ1) is 14.8. The van der Waals surface area contributed by atoms with Crippen LogP contribution in [0.15, 0.2) is 24.3 Å². The van der Waals surface area contributed by atoms with E-state index in [2.05, 4.69) is 38.2 Å². The second kappa shape index (κ2) is 13.8. The Labute approximate surface area is 93.3 Å². The van der Waals surface area contributed by atoms with Gasteiger partial charge in [-0.15, -0.1) is 0 Å². The molecule has 12 heavy (non-hydrogen) atoms. The quantitative estimate of drug-likeness (QED) is 0.332. The fourth-order valence-corrected chi connectivity index (χ4v) is 0.789. The van der Waals surface area contributed by atoms with Gasteiger partial charge in [0.2, 0.25) is 0 Å². The summed E-state index contributed by atoms with van der Waals surface area (Å²) < 4.78 is 0. The van der Waals surface area contributed by atoms with Gasteiger partial charge in [0.05, 0.1) is 0 Å². The summed E-state index contributed by atoms with van der Waals surface area (Å²) in [6.45, 7) is 5.97. The predicted octanol–water partition coefficient (Wildman–Crippen LogP) is 2.99. The van der Waals surface area contributed by atoms with Crippen molar-refractivity contribution in [2.45, 2.75) is 39.0 Å². The molecule has 0 fully saturated rings. The largest absolute Gasteiger partial charge is 0.316 e. The van der Waals surface area contributed by atoms with Crippen molar-refractivity contribution in [2.24, 2.45) is 0 Å². The molecule has 0 amide bonds. The van der Waals surface area contributed by atoms with Crippen molar-refractivity contribution in [3.63, 3.8) is 0 Å². The van der Waals surface area contributed by atoms with Crippen LogP contribution < -0.4 is 0 Å². The minimum Gasteiger partial charge on any atom is -0.0845 e. The lowest BCUT2D eigenvalue weighted by atomic mass is 10.2. The van der Waals surface area contributed by atoms with Gasteiger partial charge in [-0.2, -0.15) is 0 Å². The van der Waals surface area contributed by atoms with Gasteiger partial charge in [-0.05, 0) is 19.3 Å². The lowest BCUT2D eigenvalue weighted by Crippen LogP contribution is -1.65. The van der Waals surface area contributed by atoms with Crippen LogP contribution in [0.1, 0.15) is 39.0 Å². The molecule has 0 bridgehead atoms. The van der Waals surface area contributed by atoms with Gasteiger partial charge in [0, 0.05) is 0 Å². The summed E-state index contributed by atoms with van der Waals surface area (Å²) in [7, 11) is 0. The minimum absolute atomic E-state index is 0. The summed E-state index contributed by atoms with van der Waals surface area (Å²) in [5, 5.41) is 0. The minimum atomic E-state index is 0. The van der Waals surface area contributed by atoms with Gasteiger partial charge < -0.3 is 0 Å². The van der Waals surface area contributed by atoms with E-state index >= 15 is 0 Å². The van der Waals surface area contributed by atoms with Gasteiger partial charge in [0.15, 0.2) is 0 Å². The summed E-state index contributed by atoms with van der Waals surface area (Å²) in [5.74, 6) is 0. The molecule has 0 aliphatic heterocycles. The monoisotopic (exact) mass is 177 g/mol. The topological polar surface area (TPSA) is 0 Å². The third kappa shape index (κ3) is 12.9. The lowest BCUT2D eigenvalue weighted by Gasteiger charge is -1.85. The molecule has 0 aliphatic rings. The second-order valence-electron chi connectivity index (χ2n) is 2.64. The van der Waals surface area contributed by atoms with E-state index in [1.165, 1.54) is 19.3 Å². The Hall–Kier alpha value is 0.246. The van der Waals surface area contributed by atoms with E-state index in [-0.39, 0.29) is 23.1 Å². The van der Waals surface area contributed by atoms with Crippen molar-refractivity contribution >= 4 is 23.1 Å². The Bertz CT molecular complexity index is 114. The van der Waals surface area contributed by atoms with Crippen LogP contribution in [0.4, 0.5) is 0 Å². The summed E-state index contributed by atoms with van der Waals surface area (Å²) >= 11 is 0. The number of rotatable bonds is 6. The summed E-state index contributed by atoms with van der Waals surface area (Å²) in [6.07, 6.45) is 14.5. The van der Waals surface area contributed by atoms with Crippen LogP contribution in [0.5, 0.6) is 0 Å². The van der Waals surface area contributed by atoms with Crippen LogP contribution in [-0.2, 0) is 0 Å². The molecule has 0 atom stereocenters. The summed E-state index contributed by atoms with van der Waals surface area (Å²) in [4.78, 5) is 0. The molecule has 1 heteroatoms. The molecule has 0 rings (SSSR count). The molecule has 0 N–H and O–H groups in total. The van der Waals surface area contributed by atoms with Crippen LogP contribution in [0, 0.1) is 6.92 Å². The Morgan fingerprint density at radius 1 is 1.08 bits per heavy atom. The summed E-state index contributed by atoms with van der Waals surface area (Å²) in [6, 6.07) is 0. The Balaban J connectivity index is 0. The van der Waals surface area contributed by atoms with E-state index in [0.717, 1.165) is 12.8 Å². The molecule has 67 valence electrons. The molecule has 0 saturated heterocycles. The van der Waals surface area contributed by atoms with E-state index in [9.17, 15) is 0 Å². The Morgan fingerprint density at radius 2 is 1.67 bits per heavy atom. The zero-order valence-electron chi connectivity index (χ0n) is 7.55. The Morgan fingerprint density at radius 3 is 2.17 bits per heavy atom. The molecule has 0 aromatic carbocycles. The maximum absolute atomic E-state index is 3.76. The van der Waals surface area contributed by atoms with Crippen LogP contribution in [0.25, 0.3) is 0 Å². The maximum atomic E-state index is 3.76. The highest BCUT2D eigenvalue weighted by atomic mass is 24.3. The van der Waals surface area contributed by atoms with Crippen molar-refractivity contribution in [1.29, 1.82) is 0 Å². The first-order valence-electron chi connectivity index (χ1n) is 4.52. The SMILES string of the molecule is [CH2]CC/C=C/C=C\CCCC.[MgH2]. The van der Waals surface area contributed by atoms with Crippen LogP contribution in [0.3, 0.4) is 0 Å². The molecule has 0 heterocycles. The van der Waals surface area contributed by atoms with E-state index in [1.807, 2.05) is 0 Å². The molecule has 0 nitrogen and oxygen atoms in total. The average Bonchev–Trinajstić information content (AvgIpc) is 2.03. The van der Waals surface area contributed by atoms with Crippen molar-refractivity contribution < 1.29 is 0 Å². The fourth-order valence-electron chi connectivity index (χ4n) is 0.789. The lowest BCUT2D eigenvalue weighted by molar-refractivity contribution is 0.815. The van der Waals surface area contributed by atoms with Gasteiger partial charge in [-0.1, -0.05) is 51.0 Å². The Kier molecular flexibility index (Phi) is 17.0. The third-order valence-electron chi connectivity index (χ3n) is 1.48. The van der Waals surface area contributed by atoms with Gasteiger partial charge in [-0.3, -0.25) is 0 Å². The highest BCUT2D eigenvalue weighted by molar-refractivity contribution is 5.75. The molecule has 0 aromatic heterocycles. The first-order chi connectivity index (χ1) is 5.41. The standard InChI is InChI=1S/C11H19.Mg.2H/c1-3-5-7-9-11-10-8-6-4-2;;;/h7,9-11H,1,3-6,8H2,2H3;;;/b9-7+,11-10-;;;. The molecule has 0 saturated carbocycles. The molecule has 1 radical (unpaired) electrons. The number of hydrogen-bond donors (Lipinski definition) is 0. The smallest absolute Gasteiger partial charge is 0.0845 e. The van der Waals surface area contributed by atoms with Crippen molar-refractivity contribution in [3.8, 4) is 0 Å². The molecule has 0 spiro atoms. The van der Waals surface area contributed by atoms with E-state index in [4.69, 9.17) is 0 Å². The number of allylic oxidation sites excluding steroid dienone is 4. The fraction of sp³-hybridized carbons (Fsp3) is 0.545. The van der Waals surface area contributed by atoms with Crippen molar-refractivity contribution in [2.75, 3.05) is 0 Å². The van der Waals surface area contributed by atoms with Crippen molar-refractivity contribution in [1.82, 2.24) is 0 Å². The number of hydrogen-bond acceptors (Lipinski definition) is 0. The molecular formula is C11H21Mg. The van der Waals surface area contributed by atoms with Crippen molar-refractivity contribution in [3.05, 3.63) is 31.2 Å². The van der Waals surface area contributed by atoms with Gasteiger partial charge in [0.25, 0.3) is 0 Å². The molecule has 0 unspecified atom stereocenters. The van der Waals surface area contributed by atoms with E-state index < -0.39 is 0 Å². The first-order valence-corrected chi connectivity index (χ1v) is 4.52. The van der Waals surface area contributed by atoms with Crippen LogP contribution in [0.2, 0.25) is 0 Å². The zero-order chi connectivity index (χ0) is 8.36. The predicted molar refractivity (Wildman–Crippen MR) is 60.9 cm³/mol. The summed E-state index contributed by atoms with van der Waals surface area (Å²) in [5.41, 5.74) is 0. The average molecular weight is 178 g/mol. The van der Waals surface area contributed by atoms with Gasteiger partial charge in [0.1, 0.15) is 0 Å². The highest BCUT2D eigenvalue weighted by Gasteiger charge is 1.75. The van der Waals surface area contributed by atoms with Gasteiger partial charge in [-0.25, -0.2) is 0 Å². The number of unbranched alkanes of at least 4 members (excludes halogenated alkanes) is 3. The van der Waals surface area contributed by atoms with Crippen LogP contribution >= 0.6 is 0 Å². The molecule has 0 aromatic rings. The van der Waals surface area contributed by atoms with E-state index in [0.29, 0.717) is 0 Å². The molecule has 0 aliphatic carbocycles. The molecular weight excluding hydrogens is 156 g/mol. The normalized spacial score (nSPS) is 10.8. The van der Waals surface area contributed by atoms with E-state index in [1.54, 1.807) is 0 Å². The van der Waals surface area contributed by atoms with Gasteiger partial charge >= 0.3 is 23.1 Å². The van der Waals surface area contributed by atoms with Crippen LogP contribution in [-0.4, -0.2) is 23.1 Å².